The van der Waals surface area contributed by atoms with Crippen molar-refractivity contribution < 1.29 is 23.0 Å². The molecule has 0 spiro atoms. The third kappa shape index (κ3) is 3.16. The van der Waals surface area contributed by atoms with Crippen molar-refractivity contribution in [2.75, 3.05) is 13.7 Å². The Hall–Kier alpha value is -1.17. The van der Waals surface area contributed by atoms with E-state index in [9.17, 15) is 13.6 Å². The zero-order chi connectivity index (χ0) is 12.1. The molecule has 0 aliphatic carbocycles. The Balaban J connectivity index is 2.64. The van der Waals surface area contributed by atoms with Crippen LogP contribution in [0.1, 0.15) is 0 Å². The van der Waals surface area contributed by atoms with Crippen molar-refractivity contribution in [2.24, 2.45) is 0 Å². The summed E-state index contributed by atoms with van der Waals surface area (Å²) < 4.78 is 35.4. The quantitative estimate of drug-likeness (QED) is 0.631. The van der Waals surface area contributed by atoms with Crippen molar-refractivity contribution in [3.05, 3.63) is 29.8 Å². The fourth-order valence-corrected chi connectivity index (χ4v) is 1.29. The summed E-state index contributed by atoms with van der Waals surface area (Å²) in [5, 5.41) is 0. The molecule has 0 heterocycles. The first kappa shape index (κ1) is 12.9. The smallest absolute Gasteiger partial charge is 0.322 e. The van der Waals surface area contributed by atoms with Gasteiger partial charge in [-0.15, -0.1) is 0 Å². The molecular formula is C10H9BrF2O3. The van der Waals surface area contributed by atoms with Gasteiger partial charge in [0.1, 0.15) is 11.4 Å². The van der Waals surface area contributed by atoms with E-state index in [4.69, 9.17) is 4.74 Å². The van der Waals surface area contributed by atoms with Crippen LogP contribution in [0, 0.1) is 11.6 Å². The maximum absolute atomic E-state index is 13.1. The predicted octanol–water partition coefficient (Wildman–Crippen LogP) is 2.28. The lowest BCUT2D eigenvalue weighted by Gasteiger charge is -2.10. The monoisotopic (exact) mass is 294 g/mol. The Morgan fingerprint density at radius 1 is 1.44 bits per heavy atom. The summed E-state index contributed by atoms with van der Waals surface area (Å²) in [4.78, 5) is 10.2. The van der Waals surface area contributed by atoms with E-state index in [2.05, 4.69) is 20.7 Å². The highest BCUT2D eigenvalue weighted by Gasteiger charge is 2.18. The van der Waals surface area contributed by atoms with Gasteiger partial charge < -0.3 is 9.47 Å². The Morgan fingerprint density at radius 3 is 2.50 bits per heavy atom. The van der Waals surface area contributed by atoms with E-state index in [0.717, 1.165) is 12.1 Å². The minimum absolute atomic E-state index is 0.218. The predicted molar refractivity (Wildman–Crippen MR) is 56.6 cm³/mol. The van der Waals surface area contributed by atoms with Gasteiger partial charge in [0.25, 0.3) is 0 Å². The molecule has 0 saturated heterocycles. The lowest BCUT2D eigenvalue weighted by Crippen LogP contribution is -2.23. The molecule has 0 bridgehead atoms. The van der Waals surface area contributed by atoms with E-state index < -0.39 is 28.2 Å². The molecule has 6 heteroatoms. The largest absolute Gasteiger partial charge is 0.486 e. The first-order valence-corrected chi connectivity index (χ1v) is 5.26. The topological polar surface area (TPSA) is 35.5 Å². The van der Waals surface area contributed by atoms with Gasteiger partial charge in [0.2, 0.25) is 0 Å². The number of esters is 1. The second-order valence-corrected chi connectivity index (χ2v) is 3.96. The van der Waals surface area contributed by atoms with Crippen LogP contribution in [-0.4, -0.2) is 24.5 Å². The SMILES string of the molecule is COC(=O)C(Br)COc1c(F)cccc1F. The van der Waals surface area contributed by atoms with E-state index >= 15 is 0 Å². The van der Waals surface area contributed by atoms with Crippen LogP contribution in [0.4, 0.5) is 8.78 Å². The molecule has 3 nitrogen and oxygen atoms in total. The first-order chi connectivity index (χ1) is 7.56. The highest BCUT2D eigenvalue weighted by molar-refractivity contribution is 9.10. The number of halogens is 3. The molecular weight excluding hydrogens is 286 g/mol. The maximum Gasteiger partial charge on any atom is 0.322 e. The summed E-state index contributed by atoms with van der Waals surface area (Å²) in [6.45, 7) is -0.218. The van der Waals surface area contributed by atoms with Crippen LogP contribution in [0.2, 0.25) is 0 Å². The third-order valence-corrected chi connectivity index (χ3v) is 2.39. The van der Waals surface area contributed by atoms with Crippen molar-refractivity contribution in [1.82, 2.24) is 0 Å². The highest BCUT2D eigenvalue weighted by Crippen LogP contribution is 2.21. The summed E-state index contributed by atoms with van der Waals surface area (Å²) in [6, 6.07) is 3.36. The van der Waals surface area contributed by atoms with Gasteiger partial charge in [-0.3, -0.25) is 4.79 Å². The normalized spacial score (nSPS) is 12.0. The number of para-hydroxylation sites is 1. The second-order valence-electron chi connectivity index (χ2n) is 2.85. The fraction of sp³-hybridized carbons (Fsp3) is 0.300. The average Bonchev–Trinajstić information content (AvgIpc) is 2.27. The lowest BCUT2D eigenvalue weighted by atomic mass is 10.3. The molecule has 1 unspecified atom stereocenters. The van der Waals surface area contributed by atoms with Crippen LogP contribution >= 0.6 is 15.9 Å². The highest BCUT2D eigenvalue weighted by atomic mass is 79.9. The maximum atomic E-state index is 13.1. The molecule has 0 amide bonds. The molecule has 0 N–H and O–H groups in total. The third-order valence-electron chi connectivity index (χ3n) is 1.75. The molecule has 0 saturated carbocycles. The molecule has 0 aromatic heterocycles. The molecule has 0 fully saturated rings. The van der Waals surface area contributed by atoms with Crippen LogP contribution in [0.15, 0.2) is 18.2 Å². The van der Waals surface area contributed by atoms with Crippen LogP contribution in [-0.2, 0) is 9.53 Å². The number of rotatable bonds is 4. The van der Waals surface area contributed by atoms with E-state index in [1.54, 1.807) is 0 Å². The summed E-state index contributed by atoms with van der Waals surface area (Å²) in [5.41, 5.74) is 0. The molecule has 0 aliphatic rings. The van der Waals surface area contributed by atoms with Crippen LogP contribution in [0.5, 0.6) is 5.75 Å². The van der Waals surface area contributed by atoms with Gasteiger partial charge >= 0.3 is 5.97 Å². The van der Waals surface area contributed by atoms with E-state index in [0.29, 0.717) is 0 Å². The van der Waals surface area contributed by atoms with Crippen LogP contribution < -0.4 is 4.74 Å². The zero-order valence-corrected chi connectivity index (χ0v) is 9.96. The molecule has 1 atom stereocenters. The minimum atomic E-state index is -0.815. The molecule has 16 heavy (non-hydrogen) atoms. The van der Waals surface area contributed by atoms with Gasteiger partial charge in [0.05, 0.1) is 7.11 Å². The standard InChI is InChI=1S/C10H9BrF2O3/c1-15-10(14)6(11)5-16-9-7(12)3-2-4-8(9)13/h2-4,6H,5H2,1H3. The van der Waals surface area contributed by atoms with E-state index in [-0.39, 0.29) is 6.61 Å². The first-order valence-electron chi connectivity index (χ1n) is 4.35. The van der Waals surface area contributed by atoms with Gasteiger partial charge in [0, 0.05) is 0 Å². The Kier molecular flexibility index (Phi) is 4.67. The molecule has 1 aromatic rings. The average molecular weight is 295 g/mol. The minimum Gasteiger partial charge on any atom is -0.486 e. The Morgan fingerprint density at radius 2 is 2.00 bits per heavy atom. The number of hydrogen-bond acceptors (Lipinski definition) is 3. The molecule has 0 aliphatic heterocycles. The van der Waals surface area contributed by atoms with E-state index in [1.165, 1.54) is 13.2 Å². The molecule has 88 valence electrons. The van der Waals surface area contributed by atoms with Gasteiger partial charge in [-0.25, -0.2) is 8.78 Å². The number of alkyl halides is 1. The summed E-state index contributed by atoms with van der Waals surface area (Å²) in [7, 11) is 1.21. The zero-order valence-electron chi connectivity index (χ0n) is 8.38. The number of hydrogen-bond donors (Lipinski definition) is 0. The van der Waals surface area contributed by atoms with E-state index in [1.807, 2.05) is 0 Å². The Bertz CT molecular complexity index is 364. The molecule has 1 rings (SSSR count). The lowest BCUT2D eigenvalue weighted by molar-refractivity contribution is -0.140. The van der Waals surface area contributed by atoms with Crippen molar-refractivity contribution in [1.29, 1.82) is 0 Å². The number of carbonyl (C=O) groups excluding carboxylic acids is 1. The van der Waals surface area contributed by atoms with Gasteiger partial charge in [-0.1, -0.05) is 22.0 Å². The van der Waals surface area contributed by atoms with Crippen LogP contribution in [0.3, 0.4) is 0 Å². The molecule has 1 aromatic carbocycles. The Labute approximate surface area is 99.5 Å². The molecule has 0 radical (unpaired) electrons. The summed E-state index contributed by atoms with van der Waals surface area (Å²) in [6.07, 6.45) is 0. The van der Waals surface area contributed by atoms with Gasteiger partial charge in [-0.2, -0.15) is 0 Å². The van der Waals surface area contributed by atoms with Crippen LogP contribution in [0.25, 0.3) is 0 Å². The summed E-state index contributed by atoms with van der Waals surface area (Å²) >= 11 is 2.97. The van der Waals surface area contributed by atoms with Crippen molar-refractivity contribution in [3.8, 4) is 5.75 Å². The number of methoxy groups -OCH3 is 1. The van der Waals surface area contributed by atoms with Crippen molar-refractivity contribution >= 4 is 21.9 Å². The van der Waals surface area contributed by atoms with Gasteiger partial charge in [-0.05, 0) is 12.1 Å². The number of carbonyl (C=O) groups is 1. The summed E-state index contributed by atoms with van der Waals surface area (Å²) in [5.74, 6) is -2.71. The van der Waals surface area contributed by atoms with Crippen molar-refractivity contribution in [2.45, 2.75) is 4.83 Å². The number of benzene rings is 1. The fourth-order valence-electron chi connectivity index (χ4n) is 0.973. The van der Waals surface area contributed by atoms with Crippen molar-refractivity contribution in [3.63, 3.8) is 0 Å². The number of ether oxygens (including phenoxy) is 2. The van der Waals surface area contributed by atoms with Gasteiger partial charge in [0.15, 0.2) is 17.4 Å². The second kappa shape index (κ2) is 5.79.